The molecular formula is C30H38N6OS. The first-order valence-electron chi connectivity index (χ1n) is 14.2. The van der Waals surface area contributed by atoms with Gasteiger partial charge in [0.15, 0.2) is 5.65 Å². The molecule has 38 heavy (non-hydrogen) atoms. The standard InChI is InChI=1S/C30H38N6OS/c1-14(2)24-25-18(6)27(21-9-20-8-19(21)11-35(20)30(37)23-7-15(3)10-31-23)38-29(25)34-26(24)22-12-36-28(32-13-33-36)17(5)16(22)4/h12-15,19-21,23,31,34H,7-11H2,1-6H3/t15-,19-,20?,21+,23-/m0/s1. The Labute approximate surface area is 228 Å². The second-order valence-corrected chi connectivity index (χ2v) is 13.5. The number of hydrogen-bond acceptors (Lipinski definition) is 5. The molecule has 7 nitrogen and oxygen atoms in total. The fraction of sp³-hybridized carbons (Fsp3) is 0.567. The zero-order valence-corrected chi connectivity index (χ0v) is 24.1. The van der Waals surface area contributed by atoms with E-state index in [-0.39, 0.29) is 6.04 Å². The van der Waals surface area contributed by atoms with Crippen LogP contribution in [0.1, 0.15) is 79.0 Å². The largest absolute Gasteiger partial charge is 0.346 e. The number of aryl methyl sites for hydroxylation is 2. The number of carbonyl (C=O) groups is 1. The molecular weight excluding hydrogens is 492 g/mol. The summed E-state index contributed by atoms with van der Waals surface area (Å²) in [6, 6.07) is 0.426. The van der Waals surface area contributed by atoms with E-state index >= 15 is 0 Å². The first kappa shape index (κ1) is 24.3. The Kier molecular flexibility index (Phi) is 5.54. The molecule has 2 bridgehead atoms. The van der Waals surface area contributed by atoms with Crippen LogP contribution in [0, 0.1) is 32.6 Å². The predicted octanol–water partition coefficient (Wildman–Crippen LogP) is 5.69. The molecule has 200 valence electrons. The lowest BCUT2D eigenvalue weighted by Crippen LogP contribution is -2.47. The van der Waals surface area contributed by atoms with E-state index in [0.29, 0.717) is 35.6 Å². The van der Waals surface area contributed by atoms with E-state index in [4.69, 9.17) is 0 Å². The third-order valence-electron chi connectivity index (χ3n) is 9.74. The second kappa shape index (κ2) is 8.65. The first-order chi connectivity index (χ1) is 18.2. The van der Waals surface area contributed by atoms with E-state index in [1.54, 1.807) is 6.33 Å². The number of H-pyrrole nitrogens is 1. The maximum atomic E-state index is 13.3. The van der Waals surface area contributed by atoms with E-state index in [0.717, 1.165) is 38.0 Å². The summed E-state index contributed by atoms with van der Waals surface area (Å²) in [4.78, 5) is 26.6. The molecule has 6 heterocycles. The van der Waals surface area contributed by atoms with Crippen LogP contribution in [0.3, 0.4) is 0 Å². The van der Waals surface area contributed by atoms with Crippen LogP contribution in [0.5, 0.6) is 0 Å². The molecule has 1 aliphatic carbocycles. The molecule has 2 N–H and O–H groups in total. The zero-order chi connectivity index (χ0) is 26.5. The fourth-order valence-electron chi connectivity index (χ4n) is 7.69. The number of aromatic nitrogens is 4. The number of fused-ring (bicyclic) bond motifs is 4. The Morgan fingerprint density at radius 1 is 1.13 bits per heavy atom. The summed E-state index contributed by atoms with van der Waals surface area (Å²) in [6.07, 6.45) is 7.00. The van der Waals surface area contributed by atoms with Crippen LogP contribution < -0.4 is 5.32 Å². The maximum absolute atomic E-state index is 13.3. The number of nitrogens with one attached hydrogen (secondary N) is 2. The monoisotopic (exact) mass is 530 g/mol. The van der Waals surface area contributed by atoms with Gasteiger partial charge in [0.1, 0.15) is 11.2 Å². The van der Waals surface area contributed by atoms with Crippen LogP contribution in [-0.2, 0) is 4.79 Å². The minimum Gasteiger partial charge on any atom is -0.346 e. The molecule has 5 atom stereocenters. The first-order valence-corrected chi connectivity index (χ1v) is 15.0. The van der Waals surface area contributed by atoms with Crippen molar-refractivity contribution in [2.75, 3.05) is 13.1 Å². The van der Waals surface area contributed by atoms with Crippen molar-refractivity contribution in [2.45, 2.75) is 84.7 Å². The summed E-state index contributed by atoms with van der Waals surface area (Å²) in [7, 11) is 0. The SMILES string of the molecule is Cc1c(-c2[nH]c3sc([C@@H]4CC5C[C@H]4CN5C(=O)[C@@H]4C[C@H](C)CN4)c(C)c3c2C(C)C)cn2ncnc2c1C. The molecule has 4 aromatic heterocycles. The molecule has 4 aromatic rings. The van der Waals surface area contributed by atoms with E-state index in [1.165, 1.54) is 48.6 Å². The Hall–Kier alpha value is -2.71. The van der Waals surface area contributed by atoms with Crippen LogP contribution in [0.25, 0.3) is 27.1 Å². The van der Waals surface area contributed by atoms with Crippen molar-refractivity contribution < 1.29 is 4.79 Å². The zero-order valence-electron chi connectivity index (χ0n) is 23.3. The normalized spacial score (nSPS) is 27.1. The van der Waals surface area contributed by atoms with Gasteiger partial charge in [0.05, 0.1) is 11.7 Å². The summed E-state index contributed by atoms with van der Waals surface area (Å²) in [6.45, 7) is 15.4. The molecule has 8 heteroatoms. The van der Waals surface area contributed by atoms with Gasteiger partial charge in [0, 0.05) is 40.5 Å². The predicted molar refractivity (Wildman–Crippen MR) is 153 cm³/mol. The smallest absolute Gasteiger partial charge is 0.239 e. The van der Waals surface area contributed by atoms with Gasteiger partial charge >= 0.3 is 0 Å². The van der Waals surface area contributed by atoms with Crippen LogP contribution in [0.4, 0.5) is 0 Å². The molecule has 0 radical (unpaired) electrons. The third kappa shape index (κ3) is 3.45. The molecule has 0 spiro atoms. The Morgan fingerprint density at radius 3 is 2.63 bits per heavy atom. The second-order valence-electron chi connectivity index (χ2n) is 12.5. The van der Waals surface area contributed by atoms with Gasteiger partial charge in [0.2, 0.25) is 5.91 Å². The van der Waals surface area contributed by atoms with Gasteiger partial charge in [-0.05, 0) is 86.6 Å². The van der Waals surface area contributed by atoms with E-state index < -0.39 is 0 Å². The number of amides is 1. The number of piperidine rings is 1. The van der Waals surface area contributed by atoms with E-state index in [1.807, 2.05) is 15.9 Å². The third-order valence-corrected chi connectivity index (χ3v) is 11.1. The van der Waals surface area contributed by atoms with Gasteiger partial charge in [-0.2, -0.15) is 5.10 Å². The lowest BCUT2D eigenvalue weighted by atomic mass is 9.88. The summed E-state index contributed by atoms with van der Waals surface area (Å²) in [5.74, 6) is 2.46. The molecule has 2 aliphatic heterocycles. The number of rotatable bonds is 4. The molecule has 1 amide bonds. The van der Waals surface area contributed by atoms with E-state index in [9.17, 15) is 4.79 Å². The molecule has 0 aromatic carbocycles. The summed E-state index contributed by atoms with van der Waals surface area (Å²) in [5, 5.41) is 9.30. The van der Waals surface area contributed by atoms with Crippen LogP contribution >= 0.6 is 11.3 Å². The highest BCUT2D eigenvalue weighted by atomic mass is 32.1. The summed E-state index contributed by atoms with van der Waals surface area (Å²) in [5.41, 5.74) is 8.62. The lowest BCUT2D eigenvalue weighted by molar-refractivity contribution is -0.134. The van der Waals surface area contributed by atoms with Crippen molar-refractivity contribution in [3.8, 4) is 11.3 Å². The van der Waals surface area contributed by atoms with Crippen LogP contribution in [0.2, 0.25) is 0 Å². The number of hydrogen-bond donors (Lipinski definition) is 2. The van der Waals surface area contributed by atoms with Gasteiger partial charge in [-0.3, -0.25) is 4.79 Å². The number of likely N-dealkylation sites (tertiary alicyclic amines) is 1. The molecule has 3 fully saturated rings. The van der Waals surface area contributed by atoms with Crippen LogP contribution in [0.15, 0.2) is 12.5 Å². The van der Waals surface area contributed by atoms with Gasteiger partial charge in [-0.1, -0.05) is 20.8 Å². The van der Waals surface area contributed by atoms with Gasteiger partial charge < -0.3 is 15.2 Å². The van der Waals surface area contributed by atoms with Crippen molar-refractivity contribution in [1.82, 2.24) is 29.8 Å². The molecule has 7 rings (SSSR count). The highest BCUT2D eigenvalue weighted by Crippen LogP contribution is 2.53. The highest BCUT2D eigenvalue weighted by Gasteiger charge is 2.49. The van der Waals surface area contributed by atoms with Crippen molar-refractivity contribution >= 4 is 33.1 Å². The molecule has 1 saturated carbocycles. The fourth-order valence-corrected chi connectivity index (χ4v) is 9.13. The minimum absolute atomic E-state index is 0.0280. The van der Waals surface area contributed by atoms with Crippen molar-refractivity contribution in [3.05, 3.63) is 39.7 Å². The summed E-state index contributed by atoms with van der Waals surface area (Å²) < 4.78 is 1.90. The summed E-state index contributed by atoms with van der Waals surface area (Å²) >= 11 is 1.95. The highest BCUT2D eigenvalue weighted by molar-refractivity contribution is 7.19. The average Bonchev–Trinajstić information content (AvgIpc) is 3.71. The Morgan fingerprint density at radius 2 is 1.95 bits per heavy atom. The van der Waals surface area contributed by atoms with Crippen molar-refractivity contribution in [3.63, 3.8) is 0 Å². The number of thiophene rings is 1. The average molecular weight is 531 g/mol. The van der Waals surface area contributed by atoms with E-state index in [2.05, 4.69) is 73.0 Å². The number of carbonyl (C=O) groups excluding carboxylic acids is 1. The van der Waals surface area contributed by atoms with Gasteiger partial charge in [-0.15, -0.1) is 11.3 Å². The Balaban J connectivity index is 1.23. The molecule has 3 aliphatic rings. The Bertz CT molecular complexity index is 1580. The number of pyridine rings is 1. The topological polar surface area (TPSA) is 78.3 Å². The van der Waals surface area contributed by atoms with Crippen molar-refractivity contribution in [2.24, 2.45) is 11.8 Å². The van der Waals surface area contributed by atoms with Gasteiger partial charge in [0.25, 0.3) is 0 Å². The maximum Gasteiger partial charge on any atom is 0.239 e. The quantitative estimate of drug-likeness (QED) is 0.355. The molecule has 2 saturated heterocycles. The number of nitrogens with zero attached hydrogens (tertiary/aromatic N) is 4. The van der Waals surface area contributed by atoms with Gasteiger partial charge in [-0.25, -0.2) is 9.50 Å². The van der Waals surface area contributed by atoms with Crippen molar-refractivity contribution in [1.29, 1.82) is 0 Å². The number of aromatic amines is 1. The molecule has 1 unspecified atom stereocenters. The lowest BCUT2D eigenvalue weighted by Gasteiger charge is -2.33. The van der Waals surface area contributed by atoms with Crippen LogP contribution in [-0.4, -0.2) is 55.6 Å². The minimum atomic E-state index is 0.0280.